The molecule has 1 unspecified atom stereocenters. The lowest BCUT2D eigenvalue weighted by atomic mass is 10.0. The molecule has 0 spiro atoms. The Kier molecular flexibility index (Phi) is 8.30. The third kappa shape index (κ3) is 6.37. The zero-order chi connectivity index (χ0) is 15.8. The maximum absolute atomic E-state index is 6.16. The van der Waals surface area contributed by atoms with Crippen LogP contribution in [0.15, 0.2) is 22.7 Å². The van der Waals surface area contributed by atoms with Crippen molar-refractivity contribution in [2.24, 2.45) is 5.73 Å². The lowest BCUT2D eigenvalue weighted by molar-refractivity contribution is 0.400. The molecule has 3 nitrogen and oxygen atoms in total. The zero-order valence-corrected chi connectivity index (χ0v) is 15.5. The Labute approximate surface area is 138 Å². The molecule has 1 aromatic carbocycles. The minimum atomic E-state index is 0.241. The van der Waals surface area contributed by atoms with Crippen molar-refractivity contribution in [3.63, 3.8) is 0 Å². The van der Waals surface area contributed by atoms with Crippen molar-refractivity contribution in [1.29, 1.82) is 0 Å². The van der Waals surface area contributed by atoms with Gasteiger partial charge in [-0.25, -0.2) is 0 Å². The first kappa shape index (κ1) is 18.5. The van der Waals surface area contributed by atoms with Gasteiger partial charge >= 0.3 is 0 Å². The van der Waals surface area contributed by atoms with E-state index in [-0.39, 0.29) is 6.04 Å². The Bertz CT molecular complexity index is 420. The molecule has 0 amide bonds. The van der Waals surface area contributed by atoms with E-state index in [1.165, 1.54) is 17.7 Å². The average molecular weight is 356 g/mol. The maximum Gasteiger partial charge on any atom is 0.0410 e. The van der Waals surface area contributed by atoms with Crippen molar-refractivity contribution in [3.8, 4) is 0 Å². The summed E-state index contributed by atoms with van der Waals surface area (Å²) < 4.78 is 1.14. The molecule has 1 rings (SSSR count). The molecule has 0 fully saturated rings. The van der Waals surface area contributed by atoms with Crippen LogP contribution in [0.25, 0.3) is 0 Å². The number of hydrogen-bond acceptors (Lipinski definition) is 3. The van der Waals surface area contributed by atoms with Crippen LogP contribution >= 0.6 is 15.9 Å². The summed E-state index contributed by atoms with van der Waals surface area (Å²) in [7, 11) is 4.25. The summed E-state index contributed by atoms with van der Waals surface area (Å²) >= 11 is 3.60. The minimum absolute atomic E-state index is 0.241. The highest BCUT2D eigenvalue weighted by Gasteiger charge is 2.12. The van der Waals surface area contributed by atoms with Crippen molar-refractivity contribution in [2.45, 2.75) is 39.2 Å². The number of halogens is 1. The Hall–Kier alpha value is -0.580. The van der Waals surface area contributed by atoms with E-state index < -0.39 is 0 Å². The average Bonchev–Trinajstić information content (AvgIpc) is 2.45. The summed E-state index contributed by atoms with van der Waals surface area (Å²) in [5.41, 5.74) is 8.85. The second-order valence-electron chi connectivity index (χ2n) is 5.88. The Morgan fingerprint density at radius 3 is 2.48 bits per heavy atom. The minimum Gasteiger partial charge on any atom is -0.372 e. The summed E-state index contributed by atoms with van der Waals surface area (Å²) in [6, 6.07) is 6.81. The fourth-order valence-corrected chi connectivity index (χ4v) is 2.81. The van der Waals surface area contributed by atoms with E-state index in [0.29, 0.717) is 0 Å². The SMILES string of the molecule is CCC(N)Cc1ccc(Br)cc1N(CC)CCCN(C)C. The normalized spacial score (nSPS) is 12.7. The van der Waals surface area contributed by atoms with Crippen LogP contribution in [0, 0.1) is 0 Å². The first-order valence-corrected chi connectivity index (χ1v) is 8.70. The molecule has 0 radical (unpaired) electrons. The van der Waals surface area contributed by atoms with Crippen molar-refractivity contribution in [3.05, 3.63) is 28.2 Å². The highest BCUT2D eigenvalue weighted by atomic mass is 79.9. The van der Waals surface area contributed by atoms with Gasteiger partial charge in [-0.2, -0.15) is 0 Å². The lowest BCUT2D eigenvalue weighted by Gasteiger charge is -2.27. The van der Waals surface area contributed by atoms with Crippen LogP contribution in [-0.4, -0.2) is 44.7 Å². The molecule has 0 bridgehead atoms. The second-order valence-corrected chi connectivity index (χ2v) is 6.80. The summed E-state index contributed by atoms with van der Waals surface area (Å²) in [5.74, 6) is 0. The van der Waals surface area contributed by atoms with Gasteiger partial charge in [0, 0.05) is 29.3 Å². The van der Waals surface area contributed by atoms with E-state index in [1.807, 2.05) is 0 Å². The molecule has 0 saturated heterocycles. The molecule has 21 heavy (non-hydrogen) atoms. The van der Waals surface area contributed by atoms with Gasteiger partial charge in [0.05, 0.1) is 0 Å². The summed E-state index contributed by atoms with van der Waals surface area (Å²) in [5, 5.41) is 0. The number of nitrogens with two attached hydrogens (primary N) is 1. The van der Waals surface area contributed by atoms with Crippen LogP contribution in [-0.2, 0) is 6.42 Å². The third-order valence-electron chi connectivity index (χ3n) is 3.81. The molecule has 0 aliphatic rings. The molecule has 0 saturated carbocycles. The smallest absolute Gasteiger partial charge is 0.0410 e. The predicted molar refractivity (Wildman–Crippen MR) is 97.2 cm³/mol. The van der Waals surface area contributed by atoms with Crippen molar-refractivity contribution >= 4 is 21.6 Å². The van der Waals surface area contributed by atoms with Crippen LogP contribution in [0.5, 0.6) is 0 Å². The van der Waals surface area contributed by atoms with Gasteiger partial charge in [0.15, 0.2) is 0 Å². The van der Waals surface area contributed by atoms with E-state index in [4.69, 9.17) is 5.73 Å². The fourth-order valence-electron chi connectivity index (χ4n) is 2.46. The van der Waals surface area contributed by atoms with E-state index in [0.717, 1.165) is 36.9 Å². The van der Waals surface area contributed by atoms with Crippen LogP contribution in [0.3, 0.4) is 0 Å². The van der Waals surface area contributed by atoms with Crippen LogP contribution in [0.2, 0.25) is 0 Å². The molecule has 120 valence electrons. The number of nitrogens with zero attached hydrogens (tertiary/aromatic N) is 2. The van der Waals surface area contributed by atoms with Crippen LogP contribution in [0.4, 0.5) is 5.69 Å². The Morgan fingerprint density at radius 1 is 1.19 bits per heavy atom. The standard InChI is InChI=1S/C17H30BrN3/c1-5-16(19)12-14-8-9-15(18)13-17(14)21(6-2)11-7-10-20(3)4/h8-9,13,16H,5-7,10-12,19H2,1-4H3. The summed E-state index contributed by atoms with van der Waals surface area (Å²) in [6.07, 6.45) is 3.14. The molecule has 4 heteroatoms. The first-order chi connectivity index (χ1) is 9.97. The van der Waals surface area contributed by atoms with E-state index in [1.54, 1.807) is 0 Å². The summed E-state index contributed by atoms with van der Waals surface area (Å²) in [6.45, 7) is 7.60. The van der Waals surface area contributed by atoms with Gasteiger partial charge in [-0.05, 0) is 64.5 Å². The highest BCUT2D eigenvalue weighted by molar-refractivity contribution is 9.10. The molecule has 0 aromatic heterocycles. The van der Waals surface area contributed by atoms with Crippen LogP contribution < -0.4 is 10.6 Å². The van der Waals surface area contributed by atoms with Gasteiger partial charge in [0.25, 0.3) is 0 Å². The Morgan fingerprint density at radius 2 is 1.90 bits per heavy atom. The van der Waals surface area contributed by atoms with Gasteiger partial charge in [0.2, 0.25) is 0 Å². The Balaban J connectivity index is 2.87. The van der Waals surface area contributed by atoms with Crippen molar-refractivity contribution in [2.75, 3.05) is 38.6 Å². The summed E-state index contributed by atoms with van der Waals surface area (Å²) in [4.78, 5) is 4.70. The number of benzene rings is 1. The number of anilines is 1. The molecule has 0 heterocycles. The molecular formula is C17H30BrN3. The largest absolute Gasteiger partial charge is 0.372 e. The maximum atomic E-state index is 6.16. The molecule has 0 aliphatic heterocycles. The van der Waals surface area contributed by atoms with Gasteiger partial charge in [-0.15, -0.1) is 0 Å². The van der Waals surface area contributed by atoms with Crippen molar-refractivity contribution < 1.29 is 0 Å². The third-order valence-corrected chi connectivity index (χ3v) is 4.30. The molecule has 1 aromatic rings. The molecule has 1 atom stereocenters. The van der Waals surface area contributed by atoms with Gasteiger partial charge in [-0.1, -0.05) is 28.9 Å². The molecular weight excluding hydrogens is 326 g/mol. The first-order valence-electron chi connectivity index (χ1n) is 7.91. The van der Waals surface area contributed by atoms with E-state index in [2.05, 4.69) is 71.9 Å². The predicted octanol–water partition coefficient (Wildman–Crippen LogP) is 3.51. The van der Waals surface area contributed by atoms with Gasteiger partial charge < -0.3 is 15.5 Å². The quantitative estimate of drug-likeness (QED) is 0.735. The molecule has 0 aliphatic carbocycles. The second kappa shape index (κ2) is 9.44. The van der Waals surface area contributed by atoms with Crippen LogP contribution in [0.1, 0.15) is 32.3 Å². The zero-order valence-electron chi connectivity index (χ0n) is 13.9. The van der Waals surface area contributed by atoms with Gasteiger partial charge in [0.1, 0.15) is 0 Å². The monoisotopic (exact) mass is 355 g/mol. The topological polar surface area (TPSA) is 32.5 Å². The number of hydrogen-bond donors (Lipinski definition) is 1. The van der Waals surface area contributed by atoms with Gasteiger partial charge in [-0.3, -0.25) is 0 Å². The number of rotatable bonds is 9. The fraction of sp³-hybridized carbons (Fsp3) is 0.647. The molecule has 2 N–H and O–H groups in total. The van der Waals surface area contributed by atoms with E-state index >= 15 is 0 Å². The van der Waals surface area contributed by atoms with E-state index in [9.17, 15) is 0 Å². The lowest BCUT2D eigenvalue weighted by Crippen LogP contribution is -2.29. The van der Waals surface area contributed by atoms with Crippen molar-refractivity contribution in [1.82, 2.24) is 4.90 Å². The highest BCUT2D eigenvalue weighted by Crippen LogP contribution is 2.26.